The molecule has 9 amide bonds. The second kappa shape index (κ2) is 17.4. The molecule has 24 heteroatoms. The summed E-state index contributed by atoms with van der Waals surface area (Å²) in [5, 5.41) is 7.55. The van der Waals surface area contributed by atoms with Crippen LogP contribution in [0.1, 0.15) is 46.7 Å². The van der Waals surface area contributed by atoms with Gasteiger partial charge in [0.15, 0.2) is 11.5 Å². The molecular formula is C22H31N13O11. The van der Waals surface area contributed by atoms with Gasteiger partial charge in [-0.2, -0.15) is 0 Å². The molecule has 2 aliphatic heterocycles. The van der Waals surface area contributed by atoms with E-state index in [1.165, 1.54) is 27.5 Å². The highest BCUT2D eigenvalue weighted by atomic mass is 16.7. The van der Waals surface area contributed by atoms with E-state index in [2.05, 4.69) is 40.6 Å². The van der Waals surface area contributed by atoms with E-state index < -0.39 is 53.7 Å². The number of nitrogens with one attached hydrogen (secondary N) is 4. The molecular weight excluding hydrogens is 622 g/mol. The number of hydrogen-bond acceptors (Lipinski definition) is 15. The van der Waals surface area contributed by atoms with E-state index in [1.807, 2.05) is 0 Å². The van der Waals surface area contributed by atoms with Crippen LogP contribution in [0.4, 0.5) is 26.0 Å². The molecule has 2 aliphatic rings. The minimum absolute atomic E-state index is 0.0631. The zero-order chi connectivity index (χ0) is 35.1. The Morgan fingerprint density at radius 1 is 0.739 bits per heavy atom. The number of nitrogens with zero attached hydrogens (tertiary/aromatic N) is 5. The van der Waals surface area contributed by atoms with Crippen molar-refractivity contribution in [1.29, 1.82) is 0 Å². The van der Waals surface area contributed by atoms with Crippen LogP contribution in [0.5, 0.6) is 0 Å². The lowest BCUT2D eigenvalue weighted by molar-refractivity contribution is -0.172. The van der Waals surface area contributed by atoms with Crippen LogP contribution >= 0.6 is 0 Å². The number of nitrogen functional groups attached to an aromatic ring is 2. The van der Waals surface area contributed by atoms with Crippen molar-refractivity contribution in [2.75, 3.05) is 32.6 Å². The summed E-state index contributed by atoms with van der Waals surface area (Å²) in [6, 6.07) is -0.475. The Labute approximate surface area is 258 Å². The fourth-order valence-corrected chi connectivity index (χ4v) is 2.91. The van der Waals surface area contributed by atoms with Crippen molar-refractivity contribution in [3.8, 4) is 0 Å². The number of hydroxylamine groups is 4. The molecule has 2 saturated heterocycles. The predicted octanol–water partition coefficient (Wildman–Crippen LogP) is -3.34. The third kappa shape index (κ3) is 10.5. The molecule has 0 unspecified atom stereocenters. The van der Waals surface area contributed by atoms with E-state index in [-0.39, 0.29) is 48.7 Å². The maximum Gasteiger partial charge on any atom is 0.431 e. The summed E-state index contributed by atoms with van der Waals surface area (Å²) < 4.78 is 1.00. The highest BCUT2D eigenvalue weighted by Crippen LogP contribution is 2.12. The number of H-pyrrole nitrogens is 1. The minimum Gasteiger partial charge on any atom is -0.383 e. The van der Waals surface area contributed by atoms with Crippen molar-refractivity contribution in [2.45, 2.75) is 25.7 Å². The molecule has 0 aromatic carbocycles. The zero-order valence-electron chi connectivity index (χ0n) is 24.5. The van der Waals surface area contributed by atoms with E-state index >= 15 is 0 Å². The normalized spacial score (nSPS) is 13.2. The van der Waals surface area contributed by atoms with E-state index in [1.54, 1.807) is 0 Å². The first kappa shape index (κ1) is 37.3. The van der Waals surface area contributed by atoms with Crippen LogP contribution < -0.4 is 38.9 Å². The smallest absolute Gasteiger partial charge is 0.383 e. The maximum atomic E-state index is 11.0. The zero-order valence-corrected chi connectivity index (χ0v) is 24.5. The second-order valence-corrected chi connectivity index (χ2v) is 8.22. The van der Waals surface area contributed by atoms with Gasteiger partial charge in [-0.1, -0.05) is 0 Å². The number of carbonyl (C=O) groups excluding carboxylic acids is 9. The van der Waals surface area contributed by atoms with Crippen LogP contribution in [0.15, 0.2) is 12.7 Å². The van der Waals surface area contributed by atoms with Gasteiger partial charge in [0.05, 0.1) is 6.33 Å². The summed E-state index contributed by atoms with van der Waals surface area (Å²) in [6.45, 7) is 0. The molecule has 0 aliphatic carbocycles. The third-order valence-electron chi connectivity index (χ3n) is 5.15. The SMILES string of the molecule is CNC(=O)ON1C(=O)CCC1=O.CNC(=O)ON1C(=O)CCC1=O.CNC(=O)n1cnc(C(N)=O)c1N.NC(=O)c1[nH]cnc1N. The highest BCUT2D eigenvalue weighted by Gasteiger charge is 2.33. The van der Waals surface area contributed by atoms with Crippen LogP contribution in [-0.4, -0.2) is 104 Å². The minimum atomic E-state index is -0.821. The van der Waals surface area contributed by atoms with Gasteiger partial charge in [0.25, 0.3) is 35.4 Å². The van der Waals surface area contributed by atoms with Crippen LogP contribution in [0.2, 0.25) is 0 Å². The first-order valence-electron chi connectivity index (χ1n) is 12.5. The number of imide groups is 2. The Hall–Kier alpha value is -6.75. The Balaban J connectivity index is 0.000000309. The van der Waals surface area contributed by atoms with Crippen molar-refractivity contribution in [2.24, 2.45) is 11.5 Å². The van der Waals surface area contributed by atoms with Gasteiger partial charge < -0.3 is 53.5 Å². The molecule has 12 N–H and O–H groups in total. The molecule has 0 atom stereocenters. The van der Waals surface area contributed by atoms with E-state index in [0.29, 0.717) is 10.1 Å². The molecule has 2 fully saturated rings. The first-order chi connectivity index (χ1) is 21.6. The van der Waals surface area contributed by atoms with Crippen molar-refractivity contribution < 1.29 is 52.8 Å². The fourth-order valence-electron chi connectivity index (χ4n) is 2.91. The lowest BCUT2D eigenvalue weighted by Crippen LogP contribution is -2.35. The number of anilines is 2. The number of nitrogens with two attached hydrogens (primary N) is 4. The molecule has 0 radical (unpaired) electrons. The van der Waals surface area contributed by atoms with Gasteiger partial charge in [-0.3, -0.25) is 28.8 Å². The summed E-state index contributed by atoms with van der Waals surface area (Å²) in [6.07, 6.45) is 1.23. The molecule has 0 saturated carbocycles. The Morgan fingerprint density at radius 3 is 1.43 bits per heavy atom. The second-order valence-electron chi connectivity index (χ2n) is 8.22. The molecule has 2 aromatic heterocycles. The molecule has 24 nitrogen and oxygen atoms in total. The van der Waals surface area contributed by atoms with Gasteiger partial charge in [-0.05, 0) is 0 Å². The number of carbonyl (C=O) groups is 9. The monoisotopic (exact) mass is 653 g/mol. The van der Waals surface area contributed by atoms with Gasteiger partial charge in [0, 0.05) is 46.8 Å². The van der Waals surface area contributed by atoms with E-state index in [0.717, 1.165) is 10.9 Å². The summed E-state index contributed by atoms with van der Waals surface area (Å²) in [5.74, 6) is -3.21. The van der Waals surface area contributed by atoms with Crippen LogP contribution in [0, 0.1) is 0 Å². The Kier molecular flexibility index (Phi) is 14.1. The average molecular weight is 654 g/mol. The van der Waals surface area contributed by atoms with Crippen LogP contribution in [-0.2, 0) is 28.9 Å². The standard InChI is InChI=1S/C6H9N5O2.2C6H8N2O4.C4H6N4O/c1-9-6(13)11-2-10-3(4(11)7)5(8)12;2*1-7-6(11)12-8-4(9)2-3-5(8)10;5-3-2(4(6)9)7-1-8-3/h2H,7H2,1H3,(H2,8,12)(H,9,13);2*2-3H2,1H3,(H,7,11);1H,5H2,(H2,6,9)(H,7,8). The van der Waals surface area contributed by atoms with Crippen molar-refractivity contribution in [3.05, 3.63) is 24.0 Å². The molecule has 2 aromatic rings. The number of rotatable bonds is 4. The van der Waals surface area contributed by atoms with E-state index in [9.17, 15) is 43.2 Å². The summed E-state index contributed by atoms with van der Waals surface area (Å²) in [4.78, 5) is 115. The number of aromatic amines is 1. The van der Waals surface area contributed by atoms with Gasteiger partial charge >= 0.3 is 18.2 Å². The van der Waals surface area contributed by atoms with Crippen molar-refractivity contribution >= 4 is 65.3 Å². The van der Waals surface area contributed by atoms with Gasteiger partial charge in [-0.25, -0.2) is 28.9 Å². The van der Waals surface area contributed by atoms with Gasteiger partial charge in [-0.15, -0.1) is 10.1 Å². The third-order valence-corrected chi connectivity index (χ3v) is 5.15. The lowest BCUT2D eigenvalue weighted by atomic mass is 10.4. The Bertz CT molecular complexity index is 1420. The maximum absolute atomic E-state index is 11.0. The molecule has 250 valence electrons. The number of aromatic nitrogens is 4. The summed E-state index contributed by atoms with van der Waals surface area (Å²) >= 11 is 0. The van der Waals surface area contributed by atoms with Gasteiger partial charge in [0.1, 0.15) is 17.8 Å². The lowest BCUT2D eigenvalue weighted by Gasteiger charge is -2.11. The van der Waals surface area contributed by atoms with Crippen molar-refractivity contribution in [1.82, 2.24) is 45.6 Å². The molecule has 0 spiro atoms. The predicted molar refractivity (Wildman–Crippen MR) is 150 cm³/mol. The summed E-state index contributed by atoms with van der Waals surface area (Å²) in [7, 11) is 4.12. The molecule has 4 heterocycles. The largest absolute Gasteiger partial charge is 0.431 e. The van der Waals surface area contributed by atoms with Crippen LogP contribution in [0.25, 0.3) is 0 Å². The summed E-state index contributed by atoms with van der Waals surface area (Å²) in [5.41, 5.74) is 20.5. The Morgan fingerprint density at radius 2 is 1.17 bits per heavy atom. The average Bonchev–Trinajstić information content (AvgIpc) is 3.79. The number of primary amides is 2. The highest BCUT2D eigenvalue weighted by molar-refractivity contribution is 6.02. The molecule has 46 heavy (non-hydrogen) atoms. The molecule has 4 rings (SSSR count). The fraction of sp³-hybridized carbons (Fsp3) is 0.318. The van der Waals surface area contributed by atoms with Gasteiger partial charge in [0.2, 0.25) is 0 Å². The number of hydrogen-bond donors (Lipinski definition) is 8. The first-order valence-corrected chi connectivity index (χ1v) is 12.5. The topological polar surface area (TPSA) is 365 Å². The van der Waals surface area contributed by atoms with Crippen LogP contribution in [0.3, 0.4) is 0 Å². The quantitative estimate of drug-likeness (QED) is 0.149. The molecule has 0 bridgehead atoms. The number of imidazole rings is 2. The van der Waals surface area contributed by atoms with Crippen molar-refractivity contribution in [3.63, 3.8) is 0 Å². The number of amides is 9. The van der Waals surface area contributed by atoms with E-state index in [4.69, 9.17) is 22.9 Å².